The molecular weight excluding hydrogens is 192 g/mol. The highest BCUT2D eigenvalue weighted by Gasteiger charge is 2.14. The van der Waals surface area contributed by atoms with Crippen LogP contribution < -0.4 is 0 Å². The third-order valence-electron chi connectivity index (χ3n) is 2.17. The van der Waals surface area contributed by atoms with Crippen LogP contribution in [0.1, 0.15) is 36.7 Å². The normalized spacial score (nSPS) is 10.4. The first-order valence-corrected chi connectivity index (χ1v) is 4.64. The molecule has 1 aromatic carbocycles. The van der Waals surface area contributed by atoms with Gasteiger partial charge in [0.2, 0.25) is 0 Å². The van der Waals surface area contributed by atoms with Gasteiger partial charge in [-0.2, -0.15) is 0 Å². The van der Waals surface area contributed by atoms with Gasteiger partial charge < -0.3 is 10.2 Å². The number of hydrogen-bond donors (Lipinski definition) is 0. The summed E-state index contributed by atoms with van der Waals surface area (Å²) in [6, 6.07) is 7.53. The van der Waals surface area contributed by atoms with Crippen LogP contribution in [0, 0.1) is 0 Å². The van der Waals surface area contributed by atoms with Crippen LogP contribution in [0.25, 0.3) is 0 Å². The molecule has 3 nitrogen and oxygen atoms in total. The van der Waals surface area contributed by atoms with Gasteiger partial charge in [0, 0.05) is 0 Å². The molecule has 84 valence electrons. The molecule has 0 bridgehead atoms. The van der Waals surface area contributed by atoms with Crippen molar-refractivity contribution in [2.45, 2.75) is 26.2 Å². The second-order valence-electron chi connectivity index (χ2n) is 4.32. The van der Waals surface area contributed by atoms with Gasteiger partial charge in [-0.05, 0) is 23.1 Å². The SMILES string of the molecule is COC(=O)c1ccc(C(C)(C)C)cc1.O. The quantitative estimate of drug-likeness (QED) is 0.665. The van der Waals surface area contributed by atoms with Crippen molar-refractivity contribution >= 4 is 5.97 Å². The number of carbonyl (C=O) groups excluding carboxylic acids is 1. The summed E-state index contributed by atoms with van der Waals surface area (Å²) in [5.41, 5.74) is 1.93. The molecule has 0 spiro atoms. The summed E-state index contributed by atoms with van der Waals surface area (Å²) in [6.45, 7) is 6.42. The first-order chi connectivity index (χ1) is 6.45. The average molecular weight is 210 g/mol. The van der Waals surface area contributed by atoms with Gasteiger partial charge in [0.15, 0.2) is 0 Å². The molecule has 2 N–H and O–H groups in total. The summed E-state index contributed by atoms with van der Waals surface area (Å²) >= 11 is 0. The summed E-state index contributed by atoms with van der Waals surface area (Å²) in [5, 5.41) is 0. The van der Waals surface area contributed by atoms with Crippen molar-refractivity contribution in [1.29, 1.82) is 0 Å². The van der Waals surface area contributed by atoms with Crippen molar-refractivity contribution < 1.29 is 15.0 Å². The third-order valence-corrected chi connectivity index (χ3v) is 2.17. The Kier molecular flexibility index (Phi) is 4.49. The highest BCUT2D eigenvalue weighted by Crippen LogP contribution is 2.22. The van der Waals surface area contributed by atoms with Gasteiger partial charge >= 0.3 is 5.97 Å². The van der Waals surface area contributed by atoms with E-state index in [0.717, 1.165) is 0 Å². The Balaban J connectivity index is 0.00000196. The van der Waals surface area contributed by atoms with E-state index in [1.807, 2.05) is 12.1 Å². The smallest absolute Gasteiger partial charge is 0.337 e. The number of methoxy groups -OCH3 is 1. The third kappa shape index (κ3) is 3.36. The zero-order chi connectivity index (χ0) is 10.8. The standard InChI is InChI=1S/C12H16O2.H2O/c1-12(2,3)10-7-5-9(6-8-10)11(13)14-4;/h5-8H,1-4H3;1H2. The van der Waals surface area contributed by atoms with E-state index in [0.29, 0.717) is 5.56 Å². The molecule has 0 aromatic heterocycles. The summed E-state index contributed by atoms with van der Waals surface area (Å²) in [6.07, 6.45) is 0. The van der Waals surface area contributed by atoms with Crippen LogP contribution in [-0.4, -0.2) is 18.6 Å². The van der Waals surface area contributed by atoms with Crippen LogP contribution in [0.3, 0.4) is 0 Å². The van der Waals surface area contributed by atoms with E-state index in [2.05, 4.69) is 25.5 Å². The fourth-order valence-corrected chi connectivity index (χ4v) is 1.22. The largest absolute Gasteiger partial charge is 0.465 e. The van der Waals surface area contributed by atoms with Gasteiger partial charge in [0.05, 0.1) is 12.7 Å². The molecule has 0 amide bonds. The van der Waals surface area contributed by atoms with E-state index in [1.165, 1.54) is 12.7 Å². The van der Waals surface area contributed by atoms with E-state index in [1.54, 1.807) is 12.1 Å². The fourth-order valence-electron chi connectivity index (χ4n) is 1.22. The van der Waals surface area contributed by atoms with E-state index in [9.17, 15) is 4.79 Å². The Hall–Kier alpha value is -1.35. The number of carbonyl (C=O) groups is 1. The number of ether oxygens (including phenoxy) is 1. The summed E-state index contributed by atoms with van der Waals surface area (Å²) in [4.78, 5) is 11.2. The number of esters is 1. The molecule has 0 fully saturated rings. The Morgan fingerprint density at radius 1 is 1.13 bits per heavy atom. The minimum atomic E-state index is -0.287. The second kappa shape index (κ2) is 4.94. The first-order valence-electron chi connectivity index (χ1n) is 4.64. The molecule has 0 saturated carbocycles. The molecule has 15 heavy (non-hydrogen) atoms. The summed E-state index contributed by atoms with van der Waals surface area (Å²) < 4.78 is 4.62. The summed E-state index contributed by atoms with van der Waals surface area (Å²) in [5.74, 6) is -0.287. The van der Waals surface area contributed by atoms with Gasteiger partial charge in [-0.3, -0.25) is 0 Å². The van der Waals surface area contributed by atoms with Crippen molar-refractivity contribution in [3.8, 4) is 0 Å². The lowest BCUT2D eigenvalue weighted by atomic mass is 9.87. The number of rotatable bonds is 1. The van der Waals surface area contributed by atoms with Crippen LogP contribution in [-0.2, 0) is 10.2 Å². The van der Waals surface area contributed by atoms with E-state index >= 15 is 0 Å². The van der Waals surface area contributed by atoms with E-state index in [-0.39, 0.29) is 16.9 Å². The van der Waals surface area contributed by atoms with Crippen molar-refractivity contribution in [2.24, 2.45) is 0 Å². The molecule has 0 atom stereocenters. The van der Waals surface area contributed by atoms with Crippen molar-refractivity contribution in [2.75, 3.05) is 7.11 Å². The summed E-state index contributed by atoms with van der Waals surface area (Å²) in [7, 11) is 1.39. The highest BCUT2D eigenvalue weighted by atomic mass is 16.5. The second-order valence-corrected chi connectivity index (χ2v) is 4.32. The average Bonchev–Trinajstić information content (AvgIpc) is 2.15. The van der Waals surface area contributed by atoms with Gasteiger partial charge in [-0.15, -0.1) is 0 Å². The molecule has 0 radical (unpaired) electrons. The maximum Gasteiger partial charge on any atom is 0.337 e. The molecule has 0 saturated heterocycles. The Bertz CT molecular complexity index is 320. The topological polar surface area (TPSA) is 57.8 Å². The van der Waals surface area contributed by atoms with E-state index < -0.39 is 0 Å². The lowest BCUT2D eigenvalue weighted by Crippen LogP contribution is -2.11. The molecule has 3 heteroatoms. The predicted octanol–water partition coefficient (Wildman–Crippen LogP) is 1.95. The Morgan fingerprint density at radius 2 is 1.60 bits per heavy atom. The lowest BCUT2D eigenvalue weighted by molar-refractivity contribution is 0.0600. The molecular formula is C12H18O3. The van der Waals surface area contributed by atoms with E-state index in [4.69, 9.17) is 0 Å². The van der Waals surface area contributed by atoms with Crippen LogP contribution in [0.15, 0.2) is 24.3 Å². The van der Waals surface area contributed by atoms with Crippen LogP contribution in [0.4, 0.5) is 0 Å². The predicted molar refractivity (Wildman–Crippen MR) is 60.1 cm³/mol. The van der Waals surface area contributed by atoms with Crippen LogP contribution in [0.2, 0.25) is 0 Å². The van der Waals surface area contributed by atoms with Crippen LogP contribution >= 0.6 is 0 Å². The van der Waals surface area contributed by atoms with Gasteiger partial charge in [-0.25, -0.2) is 4.79 Å². The van der Waals surface area contributed by atoms with Crippen molar-refractivity contribution in [3.63, 3.8) is 0 Å². The maximum atomic E-state index is 11.2. The number of hydrogen-bond acceptors (Lipinski definition) is 2. The first kappa shape index (κ1) is 13.7. The van der Waals surface area contributed by atoms with Crippen molar-refractivity contribution in [1.82, 2.24) is 0 Å². The zero-order valence-electron chi connectivity index (χ0n) is 9.63. The fraction of sp³-hybridized carbons (Fsp3) is 0.417. The Morgan fingerprint density at radius 3 is 1.93 bits per heavy atom. The molecule has 0 aliphatic heterocycles. The maximum absolute atomic E-state index is 11.2. The lowest BCUT2D eigenvalue weighted by Gasteiger charge is -2.18. The number of benzene rings is 1. The minimum Gasteiger partial charge on any atom is -0.465 e. The highest BCUT2D eigenvalue weighted by molar-refractivity contribution is 5.89. The molecule has 1 aromatic rings. The van der Waals surface area contributed by atoms with Crippen molar-refractivity contribution in [3.05, 3.63) is 35.4 Å². The van der Waals surface area contributed by atoms with Crippen LogP contribution in [0.5, 0.6) is 0 Å². The molecule has 0 unspecified atom stereocenters. The molecule has 1 rings (SSSR count). The monoisotopic (exact) mass is 210 g/mol. The van der Waals surface area contributed by atoms with Gasteiger partial charge in [0.25, 0.3) is 0 Å². The van der Waals surface area contributed by atoms with Gasteiger partial charge in [-0.1, -0.05) is 32.9 Å². The Labute approximate surface area is 90.4 Å². The molecule has 0 aliphatic carbocycles. The minimum absolute atomic E-state index is 0. The zero-order valence-corrected chi connectivity index (χ0v) is 9.63. The molecule has 0 heterocycles. The molecule has 0 aliphatic rings. The van der Waals surface area contributed by atoms with Gasteiger partial charge in [0.1, 0.15) is 0 Å².